The van der Waals surface area contributed by atoms with Crippen molar-refractivity contribution in [1.29, 1.82) is 0 Å². The number of hydrogen-bond acceptors (Lipinski definition) is 3. The lowest BCUT2D eigenvalue weighted by Gasteiger charge is -2.09. The molecule has 9 heteroatoms. The van der Waals surface area contributed by atoms with Gasteiger partial charge in [-0.05, 0) is 31.2 Å². The number of para-hydroxylation sites is 2. The number of anilines is 1. The molecule has 0 bridgehead atoms. The highest BCUT2D eigenvalue weighted by Gasteiger charge is 2.19. The molecule has 1 heterocycles. The van der Waals surface area contributed by atoms with Crippen LogP contribution in [0.15, 0.2) is 41.5 Å². The van der Waals surface area contributed by atoms with Crippen LogP contribution in [0.25, 0.3) is 11.0 Å². The van der Waals surface area contributed by atoms with Crippen LogP contribution in [0, 0.1) is 0 Å². The van der Waals surface area contributed by atoms with Gasteiger partial charge in [0.25, 0.3) is 0 Å². The van der Waals surface area contributed by atoms with Crippen molar-refractivity contribution < 1.29 is 8.78 Å². The molecule has 3 aromatic rings. The highest BCUT2D eigenvalue weighted by molar-refractivity contribution is 6.41. The van der Waals surface area contributed by atoms with Crippen molar-refractivity contribution in [3.05, 3.63) is 57.3 Å². The van der Waals surface area contributed by atoms with Crippen LogP contribution < -0.4 is 5.43 Å². The van der Waals surface area contributed by atoms with Gasteiger partial charge in [-0.2, -0.15) is 13.9 Å². The molecule has 3 rings (SSSR count). The summed E-state index contributed by atoms with van der Waals surface area (Å²) in [6, 6.07) is 9.63. The zero-order chi connectivity index (χ0) is 18.1. The van der Waals surface area contributed by atoms with Gasteiger partial charge >= 0.3 is 6.55 Å². The Labute approximate surface area is 157 Å². The number of hydrazone groups is 1. The third-order valence-electron chi connectivity index (χ3n) is 3.46. The van der Waals surface area contributed by atoms with Gasteiger partial charge in [0.05, 0.1) is 26.8 Å². The van der Waals surface area contributed by atoms with Gasteiger partial charge in [0.1, 0.15) is 5.71 Å². The lowest BCUT2D eigenvalue weighted by atomic mass is 10.3. The van der Waals surface area contributed by atoms with E-state index in [4.69, 9.17) is 34.8 Å². The largest absolute Gasteiger partial charge is 0.320 e. The molecular weight excluding hydrogens is 393 g/mol. The maximum absolute atomic E-state index is 13.5. The fourth-order valence-corrected chi connectivity index (χ4v) is 3.24. The normalized spacial score (nSPS) is 12.2. The summed E-state index contributed by atoms with van der Waals surface area (Å²) in [5.41, 5.74) is 4.04. The number of alkyl halides is 2. The summed E-state index contributed by atoms with van der Waals surface area (Å²) in [5, 5.41) is 4.99. The van der Waals surface area contributed by atoms with E-state index in [2.05, 4.69) is 15.5 Å². The number of rotatable bonds is 4. The van der Waals surface area contributed by atoms with Crippen LogP contribution in [0.1, 0.15) is 19.3 Å². The quantitative estimate of drug-likeness (QED) is 0.414. The molecule has 0 fully saturated rings. The third-order valence-corrected chi connectivity index (χ3v) is 4.27. The minimum Gasteiger partial charge on any atom is -0.275 e. The number of fused-ring (bicyclic) bond motifs is 1. The lowest BCUT2D eigenvalue weighted by molar-refractivity contribution is 0.0740. The highest BCUT2D eigenvalue weighted by Crippen LogP contribution is 2.33. The van der Waals surface area contributed by atoms with Gasteiger partial charge in [-0.3, -0.25) is 9.99 Å². The van der Waals surface area contributed by atoms with E-state index in [0.29, 0.717) is 21.7 Å². The molecule has 0 aliphatic carbocycles. The van der Waals surface area contributed by atoms with E-state index in [1.807, 2.05) is 0 Å². The number of hydrogen-bond donors (Lipinski definition) is 1. The minimum atomic E-state index is -2.75. The highest BCUT2D eigenvalue weighted by atomic mass is 35.5. The minimum absolute atomic E-state index is 0.0462. The summed E-state index contributed by atoms with van der Waals surface area (Å²) in [6.45, 7) is -1.19. The van der Waals surface area contributed by atoms with E-state index in [9.17, 15) is 8.78 Å². The fraction of sp³-hybridized carbons (Fsp3) is 0.125. The van der Waals surface area contributed by atoms with Crippen LogP contribution in [0.2, 0.25) is 15.1 Å². The Morgan fingerprint density at radius 1 is 1.16 bits per heavy atom. The molecule has 25 heavy (non-hydrogen) atoms. The number of halogens is 5. The van der Waals surface area contributed by atoms with Gasteiger partial charge < -0.3 is 0 Å². The summed E-state index contributed by atoms with van der Waals surface area (Å²) >= 11 is 18.0. The molecule has 2 aromatic carbocycles. The Morgan fingerprint density at radius 2 is 1.80 bits per heavy atom. The Morgan fingerprint density at radius 3 is 2.44 bits per heavy atom. The fourth-order valence-electron chi connectivity index (χ4n) is 2.34. The maximum atomic E-state index is 13.5. The molecule has 1 N–H and O–H groups in total. The molecule has 1 aromatic heterocycles. The molecule has 0 saturated heterocycles. The molecule has 0 unspecified atom stereocenters. The Bertz CT molecular complexity index is 946. The summed E-state index contributed by atoms with van der Waals surface area (Å²) < 4.78 is 27.8. The maximum Gasteiger partial charge on any atom is 0.320 e. The zero-order valence-electron chi connectivity index (χ0n) is 12.8. The molecule has 0 aliphatic heterocycles. The van der Waals surface area contributed by atoms with Crippen LogP contribution in [0.5, 0.6) is 0 Å². The van der Waals surface area contributed by atoms with Gasteiger partial charge in [-0.15, -0.1) is 0 Å². The van der Waals surface area contributed by atoms with Gasteiger partial charge in [-0.25, -0.2) is 4.98 Å². The Hall–Kier alpha value is -1.89. The second kappa shape index (κ2) is 7.15. The van der Waals surface area contributed by atoms with Crippen LogP contribution in [-0.4, -0.2) is 15.3 Å². The second-order valence-corrected chi connectivity index (χ2v) is 6.38. The van der Waals surface area contributed by atoms with Crippen molar-refractivity contribution in [3.8, 4) is 0 Å². The average molecular weight is 404 g/mol. The van der Waals surface area contributed by atoms with Gasteiger partial charge in [-0.1, -0.05) is 46.9 Å². The van der Waals surface area contributed by atoms with E-state index in [1.165, 1.54) is 12.1 Å². The van der Waals surface area contributed by atoms with Crippen molar-refractivity contribution in [2.45, 2.75) is 13.5 Å². The predicted molar refractivity (Wildman–Crippen MR) is 98.3 cm³/mol. The van der Waals surface area contributed by atoms with Crippen molar-refractivity contribution in [1.82, 2.24) is 9.55 Å². The van der Waals surface area contributed by atoms with Crippen LogP contribution in [0.4, 0.5) is 14.5 Å². The number of nitrogens with zero attached hydrogens (tertiary/aromatic N) is 3. The molecule has 130 valence electrons. The number of aromatic nitrogens is 2. The summed E-state index contributed by atoms with van der Waals surface area (Å²) in [6.07, 6.45) is 0. The topological polar surface area (TPSA) is 42.2 Å². The zero-order valence-corrected chi connectivity index (χ0v) is 15.0. The van der Waals surface area contributed by atoms with Gasteiger partial charge in [0.2, 0.25) is 0 Å². The molecule has 0 saturated carbocycles. The molecule has 0 aliphatic rings. The average Bonchev–Trinajstić information content (AvgIpc) is 2.93. The summed E-state index contributed by atoms with van der Waals surface area (Å²) in [5.74, 6) is 0.0462. The van der Waals surface area contributed by atoms with E-state index in [0.717, 1.165) is 4.57 Å². The van der Waals surface area contributed by atoms with Crippen molar-refractivity contribution >= 4 is 57.2 Å². The van der Waals surface area contributed by atoms with E-state index < -0.39 is 6.55 Å². The Kier molecular flexibility index (Phi) is 5.13. The van der Waals surface area contributed by atoms with Gasteiger partial charge in [0, 0.05) is 5.02 Å². The summed E-state index contributed by atoms with van der Waals surface area (Å²) in [4.78, 5) is 4.23. The van der Waals surface area contributed by atoms with E-state index in [1.54, 1.807) is 31.2 Å². The molecule has 0 radical (unpaired) electrons. The lowest BCUT2D eigenvalue weighted by Crippen LogP contribution is -2.11. The predicted octanol–water partition coefficient (Wildman–Crippen LogP) is 6.23. The van der Waals surface area contributed by atoms with E-state index >= 15 is 0 Å². The van der Waals surface area contributed by atoms with Crippen LogP contribution >= 0.6 is 34.8 Å². The molecule has 0 spiro atoms. The van der Waals surface area contributed by atoms with Crippen molar-refractivity contribution in [3.63, 3.8) is 0 Å². The molecule has 0 atom stereocenters. The van der Waals surface area contributed by atoms with E-state index in [-0.39, 0.29) is 21.6 Å². The first kappa shape index (κ1) is 17.9. The molecule has 4 nitrogen and oxygen atoms in total. The smallest absolute Gasteiger partial charge is 0.275 e. The third kappa shape index (κ3) is 3.56. The second-order valence-electron chi connectivity index (χ2n) is 5.13. The number of nitrogens with one attached hydrogen (secondary N) is 1. The van der Waals surface area contributed by atoms with Gasteiger partial charge in [0.15, 0.2) is 5.82 Å². The van der Waals surface area contributed by atoms with Crippen molar-refractivity contribution in [2.75, 3.05) is 5.43 Å². The summed E-state index contributed by atoms with van der Waals surface area (Å²) in [7, 11) is 0. The Balaban J connectivity index is 2.01. The first-order valence-electron chi connectivity index (χ1n) is 7.09. The molecule has 0 amide bonds. The number of imidazole rings is 1. The number of benzene rings is 2. The van der Waals surface area contributed by atoms with Crippen LogP contribution in [0.3, 0.4) is 0 Å². The monoisotopic (exact) mass is 402 g/mol. The SMILES string of the molecule is CC(=NNc1c(Cl)cc(Cl)cc1Cl)c1nc2ccccc2n1C(F)F. The van der Waals surface area contributed by atoms with Crippen LogP contribution in [-0.2, 0) is 0 Å². The first-order valence-corrected chi connectivity index (χ1v) is 8.22. The van der Waals surface area contributed by atoms with Crippen molar-refractivity contribution in [2.24, 2.45) is 5.10 Å². The first-order chi connectivity index (χ1) is 11.9. The standard InChI is InChI=1S/C16H11Cl3F2N4/c1-8(23-24-14-10(18)6-9(17)7-11(14)19)15-22-12-4-2-3-5-13(12)25(15)16(20)21/h2-7,16,24H,1H3. The molecular formula is C16H11Cl3F2N4.